The van der Waals surface area contributed by atoms with Crippen molar-refractivity contribution in [3.63, 3.8) is 0 Å². The number of methoxy groups -OCH3 is 1. The van der Waals surface area contributed by atoms with Gasteiger partial charge in [0.15, 0.2) is 5.82 Å². The van der Waals surface area contributed by atoms with Crippen LogP contribution in [0.5, 0.6) is 5.75 Å². The highest BCUT2D eigenvalue weighted by Crippen LogP contribution is 2.29. The van der Waals surface area contributed by atoms with Gasteiger partial charge >= 0.3 is 0 Å². The van der Waals surface area contributed by atoms with Gasteiger partial charge in [0.25, 0.3) is 0 Å². The molecule has 1 heterocycles. The highest BCUT2D eigenvalue weighted by Gasteiger charge is 2.08. The zero-order chi connectivity index (χ0) is 19.9. The van der Waals surface area contributed by atoms with Crippen LogP contribution in [0.4, 0.5) is 0 Å². The van der Waals surface area contributed by atoms with Crippen LogP contribution >= 0.6 is 0 Å². The lowest BCUT2D eigenvalue weighted by Crippen LogP contribution is -2.13. The van der Waals surface area contributed by atoms with E-state index in [-0.39, 0.29) is 0 Å². The van der Waals surface area contributed by atoms with E-state index in [1.165, 1.54) is 11.1 Å². The minimum Gasteiger partial charge on any atom is -0.496 e. The summed E-state index contributed by atoms with van der Waals surface area (Å²) in [4.78, 5) is 4.47. The fraction of sp³-hybridized carbons (Fsp3) is 0.167. The summed E-state index contributed by atoms with van der Waals surface area (Å²) in [5.41, 5.74) is 4.56. The monoisotopic (exact) mass is 385 g/mol. The standard InChI is InChI=1S/C24H23N3O2/c1-28-22-13-6-5-12-21(22)20-11-7-10-19(14-20)16-25-17-24-26-23(27-29-24)15-18-8-3-2-4-9-18/h2-14,25H,15-17H2,1H3. The molecule has 0 amide bonds. The van der Waals surface area contributed by atoms with E-state index in [1.54, 1.807) is 7.11 Å². The lowest BCUT2D eigenvalue weighted by Gasteiger charge is -2.10. The number of hydrogen-bond donors (Lipinski definition) is 1. The lowest BCUT2D eigenvalue weighted by molar-refractivity contribution is 0.363. The van der Waals surface area contributed by atoms with Gasteiger partial charge in [-0.3, -0.25) is 0 Å². The summed E-state index contributed by atoms with van der Waals surface area (Å²) >= 11 is 0. The maximum atomic E-state index is 5.48. The molecule has 0 saturated heterocycles. The van der Waals surface area contributed by atoms with Gasteiger partial charge in [-0.05, 0) is 28.8 Å². The first-order valence-electron chi connectivity index (χ1n) is 9.60. The van der Waals surface area contributed by atoms with Gasteiger partial charge in [0.1, 0.15) is 5.75 Å². The Hall–Kier alpha value is -3.44. The molecule has 1 N–H and O–H groups in total. The molecule has 146 valence electrons. The second-order valence-electron chi connectivity index (χ2n) is 6.77. The van der Waals surface area contributed by atoms with Crippen LogP contribution in [-0.4, -0.2) is 17.3 Å². The van der Waals surface area contributed by atoms with Gasteiger partial charge in [0.05, 0.1) is 13.7 Å². The van der Waals surface area contributed by atoms with E-state index < -0.39 is 0 Å². The molecule has 5 nitrogen and oxygen atoms in total. The number of aromatic nitrogens is 2. The summed E-state index contributed by atoms with van der Waals surface area (Å²) in [5.74, 6) is 2.16. The molecule has 0 aliphatic carbocycles. The Labute approximate surface area is 170 Å². The van der Waals surface area contributed by atoms with Crippen molar-refractivity contribution in [2.24, 2.45) is 0 Å². The Balaban J connectivity index is 1.35. The fourth-order valence-corrected chi connectivity index (χ4v) is 3.26. The third-order valence-corrected chi connectivity index (χ3v) is 4.67. The summed E-state index contributed by atoms with van der Waals surface area (Å²) in [6, 6.07) is 26.6. The van der Waals surface area contributed by atoms with Crippen LogP contribution in [0.2, 0.25) is 0 Å². The molecule has 3 aromatic carbocycles. The third-order valence-electron chi connectivity index (χ3n) is 4.67. The first kappa shape index (κ1) is 18.9. The molecule has 0 fully saturated rings. The van der Waals surface area contributed by atoms with Gasteiger partial charge in [-0.25, -0.2) is 0 Å². The van der Waals surface area contributed by atoms with Crippen LogP contribution in [-0.2, 0) is 19.5 Å². The minimum absolute atomic E-state index is 0.528. The molecule has 0 aliphatic rings. The fourth-order valence-electron chi connectivity index (χ4n) is 3.26. The zero-order valence-corrected chi connectivity index (χ0v) is 16.3. The SMILES string of the molecule is COc1ccccc1-c1cccc(CNCc2nc(Cc3ccccc3)no2)c1. The lowest BCUT2D eigenvalue weighted by atomic mass is 10.0. The van der Waals surface area contributed by atoms with E-state index in [1.807, 2.05) is 36.4 Å². The summed E-state index contributed by atoms with van der Waals surface area (Å²) in [5, 5.41) is 7.44. The molecule has 0 radical (unpaired) electrons. The molecular formula is C24H23N3O2. The second-order valence-corrected chi connectivity index (χ2v) is 6.77. The minimum atomic E-state index is 0.528. The number of rotatable bonds is 8. The van der Waals surface area contributed by atoms with Crippen molar-refractivity contribution in [3.8, 4) is 16.9 Å². The normalized spacial score (nSPS) is 10.8. The number of hydrogen-bond acceptors (Lipinski definition) is 5. The topological polar surface area (TPSA) is 60.2 Å². The van der Waals surface area contributed by atoms with E-state index >= 15 is 0 Å². The molecule has 0 atom stereocenters. The largest absolute Gasteiger partial charge is 0.496 e. The van der Waals surface area contributed by atoms with Crippen molar-refractivity contribution < 1.29 is 9.26 Å². The molecule has 0 bridgehead atoms. The maximum absolute atomic E-state index is 5.48. The number of ether oxygens (including phenoxy) is 1. The number of nitrogens with one attached hydrogen (secondary N) is 1. The number of benzene rings is 3. The Bertz CT molecular complexity index is 1060. The van der Waals surface area contributed by atoms with Crippen molar-refractivity contribution in [2.75, 3.05) is 7.11 Å². The molecule has 5 heteroatoms. The van der Waals surface area contributed by atoms with Gasteiger partial charge in [-0.15, -0.1) is 0 Å². The van der Waals surface area contributed by atoms with Crippen LogP contribution in [0.25, 0.3) is 11.1 Å². The molecule has 4 rings (SSSR count). The van der Waals surface area contributed by atoms with Crippen LogP contribution in [0.15, 0.2) is 83.4 Å². The van der Waals surface area contributed by atoms with Crippen LogP contribution in [0.3, 0.4) is 0 Å². The summed E-state index contributed by atoms with van der Waals surface area (Å²) in [6.07, 6.45) is 0.672. The molecule has 0 spiro atoms. The van der Waals surface area contributed by atoms with Crippen molar-refractivity contribution >= 4 is 0 Å². The van der Waals surface area contributed by atoms with Crippen molar-refractivity contribution in [3.05, 3.63) is 102 Å². The first-order valence-corrected chi connectivity index (χ1v) is 9.60. The van der Waals surface area contributed by atoms with Gasteiger partial charge in [-0.1, -0.05) is 71.9 Å². The molecular weight excluding hydrogens is 362 g/mol. The van der Waals surface area contributed by atoms with Crippen LogP contribution in [0.1, 0.15) is 22.8 Å². The number of para-hydroxylation sites is 1. The van der Waals surface area contributed by atoms with Gasteiger partial charge in [-0.2, -0.15) is 4.98 Å². The Morgan fingerprint density at radius 1 is 0.862 bits per heavy atom. The van der Waals surface area contributed by atoms with Gasteiger partial charge in [0, 0.05) is 18.5 Å². The van der Waals surface area contributed by atoms with E-state index in [0.29, 0.717) is 31.2 Å². The quantitative estimate of drug-likeness (QED) is 0.479. The van der Waals surface area contributed by atoms with E-state index in [2.05, 4.69) is 57.9 Å². The summed E-state index contributed by atoms with van der Waals surface area (Å²) in [6.45, 7) is 1.24. The molecule has 0 saturated carbocycles. The smallest absolute Gasteiger partial charge is 0.240 e. The second kappa shape index (κ2) is 9.17. The van der Waals surface area contributed by atoms with Gasteiger partial charge < -0.3 is 14.6 Å². The zero-order valence-electron chi connectivity index (χ0n) is 16.3. The highest BCUT2D eigenvalue weighted by molar-refractivity contribution is 5.70. The molecule has 1 aromatic heterocycles. The third kappa shape index (κ3) is 4.89. The molecule has 29 heavy (non-hydrogen) atoms. The Kier molecular flexibility index (Phi) is 5.98. The average molecular weight is 385 g/mol. The Morgan fingerprint density at radius 3 is 2.52 bits per heavy atom. The first-order chi connectivity index (χ1) is 14.3. The van der Waals surface area contributed by atoms with E-state index in [4.69, 9.17) is 9.26 Å². The highest BCUT2D eigenvalue weighted by atomic mass is 16.5. The molecule has 0 aliphatic heterocycles. The van der Waals surface area contributed by atoms with Crippen LogP contribution in [0, 0.1) is 0 Å². The predicted octanol–water partition coefficient (Wildman–Crippen LogP) is 4.63. The van der Waals surface area contributed by atoms with Crippen molar-refractivity contribution in [1.29, 1.82) is 0 Å². The van der Waals surface area contributed by atoms with Crippen molar-refractivity contribution in [2.45, 2.75) is 19.5 Å². The van der Waals surface area contributed by atoms with Crippen LogP contribution < -0.4 is 10.1 Å². The average Bonchev–Trinajstić information content (AvgIpc) is 3.22. The number of nitrogens with zero attached hydrogens (tertiary/aromatic N) is 2. The summed E-state index contributed by atoms with van der Waals surface area (Å²) < 4.78 is 10.8. The maximum Gasteiger partial charge on any atom is 0.240 e. The molecule has 4 aromatic rings. The predicted molar refractivity (Wildman–Crippen MR) is 113 cm³/mol. The summed E-state index contributed by atoms with van der Waals surface area (Å²) in [7, 11) is 1.70. The van der Waals surface area contributed by atoms with E-state index in [0.717, 1.165) is 16.9 Å². The van der Waals surface area contributed by atoms with Gasteiger partial charge in [0.2, 0.25) is 5.89 Å². The Morgan fingerprint density at radius 2 is 1.66 bits per heavy atom. The van der Waals surface area contributed by atoms with E-state index in [9.17, 15) is 0 Å². The molecule has 0 unspecified atom stereocenters. The van der Waals surface area contributed by atoms with Crippen molar-refractivity contribution in [1.82, 2.24) is 15.5 Å².